The summed E-state index contributed by atoms with van der Waals surface area (Å²) < 4.78 is 0.811. The summed E-state index contributed by atoms with van der Waals surface area (Å²) in [5.74, 6) is -0.150. The number of carbonyl (C=O) groups is 1. The maximum absolute atomic E-state index is 12.3. The molecule has 0 aliphatic rings. The lowest BCUT2D eigenvalue weighted by molar-refractivity contribution is 0.102. The van der Waals surface area contributed by atoms with Gasteiger partial charge in [0, 0.05) is 21.4 Å². The molecule has 3 nitrogen and oxygen atoms in total. The fourth-order valence-corrected chi connectivity index (χ4v) is 2.40. The zero-order valence-corrected chi connectivity index (χ0v) is 12.7. The molecule has 4 heteroatoms. The molecule has 0 saturated carbocycles. The molecule has 3 aromatic rings. The molecule has 0 aliphatic heterocycles. The Balaban J connectivity index is 1.87. The minimum absolute atomic E-state index is 0.150. The Bertz CT molecular complexity index is 830. The highest BCUT2D eigenvalue weighted by atomic mass is 79.9. The third kappa shape index (κ3) is 2.90. The van der Waals surface area contributed by atoms with Crippen LogP contribution in [0.3, 0.4) is 0 Å². The number of nitrogens with two attached hydrogens (primary N) is 1. The van der Waals surface area contributed by atoms with Crippen LogP contribution >= 0.6 is 15.9 Å². The van der Waals surface area contributed by atoms with Crippen LogP contribution < -0.4 is 11.1 Å². The van der Waals surface area contributed by atoms with Crippen molar-refractivity contribution in [2.45, 2.75) is 0 Å². The first-order chi connectivity index (χ1) is 10.1. The van der Waals surface area contributed by atoms with Gasteiger partial charge in [0.05, 0.1) is 0 Å². The summed E-state index contributed by atoms with van der Waals surface area (Å²) in [4.78, 5) is 12.3. The second kappa shape index (κ2) is 5.58. The molecule has 0 radical (unpaired) electrons. The van der Waals surface area contributed by atoms with E-state index in [1.165, 1.54) is 0 Å². The van der Waals surface area contributed by atoms with Gasteiger partial charge in [-0.3, -0.25) is 4.79 Å². The van der Waals surface area contributed by atoms with E-state index in [9.17, 15) is 4.79 Å². The zero-order valence-electron chi connectivity index (χ0n) is 11.1. The molecule has 0 aliphatic carbocycles. The van der Waals surface area contributed by atoms with Crippen LogP contribution in [0, 0.1) is 0 Å². The van der Waals surface area contributed by atoms with Crippen molar-refractivity contribution in [2.75, 3.05) is 11.1 Å². The van der Waals surface area contributed by atoms with Crippen molar-refractivity contribution in [3.8, 4) is 0 Å². The number of amides is 1. The van der Waals surface area contributed by atoms with Crippen LogP contribution in [0.1, 0.15) is 10.4 Å². The van der Waals surface area contributed by atoms with E-state index in [1.807, 2.05) is 48.5 Å². The first kappa shape index (κ1) is 13.6. The van der Waals surface area contributed by atoms with Crippen molar-refractivity contribution >= 4 is 44.0 Å². The molecule has 0 heterocycles. The van der Waals surface area contributed by atoms with E-state index in [4.69, 9.17) is 5.73 Å². The minimum atomic E-state index is -0.150. The highest BCUT2D eigenvalue weighted by Gasteiger charge is 2.07. The molecule has 0 fully saturated rings. The number of halogens is 1. The fourth-order valence-electron chi connectivity index (χ4n) is 2.16. The predicted molar refractivity (Wildman–Crippen MR) is 90.5 cm³/mol. The first-order valence-corrected chi connectivity index (χ1v) is 7.28. The molecule has 0 aromatic heterocycles. The summed E-state index contributed by atoms with van der Waals surface area (Å²) in [5.41, 5.74) is 7.70. The average molecular weight is 341 g/mol. The number of hydrogen-bond donors (Lipinski definition) is 2. The van der Waals surface area contributed by atoms with Crippen molar-refractivity contribution in [3.05, 3.63) is 70.7 Å². The molecule has 0 saturated heterocycles. The van der Waals surface area contributed by atoms with Crippen LogP contribution in [0.4, 0.5) is 11.4 Å². The smallest absolute Gasteiger partial charge is 0.255 e. The molecular weight excluding hydrogens is 328 g/mol. The van der Waals surface area contributed by atoms with Crippen LogP contribution in [0.15, 0.2) is 65.1 Å². The van der Waals surface area contributed by atoms with Gasteiger partial charge in [-0.15, -0.1) is 0 Å². The Morgan fingerprint density at radius 2 is 1.71 bits per heavy atom. The lowest BCUT2D eigenvalue weighted by Gasteiger charge is -2.08. The molecule has 0 bridgehead atoms. The van der Waals surface area contributed by atoms with Gasteiger partial charge in [-0.1, -0.05) is 30.3 Å². The molecule has 3 rings (SSSR count). The number of nitrogens with one attached hydrogen (secondary N) is 1. The van der Waals surface area contributed by atoms with Gasteiger partial charge in [0.15, 0.2) is 0 Å². The Morgan fingerprint density at radius 1 is 0.952 bits per heavy atom. The Morgan fingerprint density at radius 3 is 2.48 bits per heavy atom. The number of carbonyl (C=O) groups excluding carboxylic acids is 1. The van der Waals surface area contributed by atoms with Gasteiger partial charge in [0.1, 0.15) is 0 Å². The van der Waals surface area contributed by atoms with E-state index in [0.717, 1.165) is 15.2 Å². The number of nitrogen functional groups attached to an aromatic ring is 1. The molecular formula is C17H13BrN2O. The molecule has 0 spiro atoms. The van der Waals surface area contributed by atoms with E-state index < -0.39 is 0 Å². The van der Waals surface area contributed by atoms with Crippen LogP contribution in [0.25, 0.3) is 10.8 Å². The quantitative estimate of drug-likeness (QED) is 0.677. The van der Waals surface area contributed by atoms with E-state index in [1.54, 1.807) is 12.1 Å². The number of anilines is 2. The van der Waals surface area contributed by atoms with Crippen molar-refractivity contribution in [3.63, 3.8) is 0 Å². The van der Waals surface area contributed by atoms with Crippen molar-refractivity contribution < 1.29 is 4.79 Å². The maximum atomic E-state index is 12.3. The van der Waals surface area contributed by atoms with Crippen LogP contribution in [-0.4, -0.2) is 5.91 Å². The van der Waals surface area contributed by atoms with Gasteiger partial charge < -0.3 is 11.1 Å². The number of fused-ring (bicyclic) bond motifs is 1. The van der Waals surface area contributed by atoms with Gasteiger partial charge >= 0.3 is 0 Å². The van der Waals surface area contributed by atoms with E-state index in [0.29, 0.717) is 16.9 Å². The van der Waals surface area contributed by atoms with Gasteiger partial charge in [0.2, 0.25) is 0 Å². The van der Waals surface area contributed by atoms with E-state index >= 15 is 0 Å². The second-order valence-electron chi connectivity index (χ2n) is 4.75. The highest BCUT2D eigenvalue weighted by Crippen LogP contribution is 2.23. The standard InChI is InChI=1S/C17H13BrN2O/c18-15-8-7-14(10-16(15)19)20-17(21)13-6-5-11-3-1-2-4-12(11)9-13/h1-10H,19H2,(H,20,21). The molecule has 3 aromatic carbocycles. The van der Waals surface area contributed by atoms with E-state index in [2.05, 4.69) is 21.2 Å². The topological polar surface area (TPSA) is 55.1 Å². The summed E-state index contributed by atoms with van der Waals surface area (Å²) in [6.07, 6.45) is 0. The molecule has 0 unspecified atom stereocenters. The van der Waals surface area contributed by atoms with E-state index in [-0.39, 0.29) is 5.91 Å². The highest BCUT2D eigenvalue weighted by molar-refractivity contribution is 9.10. The summed E-state index contributed by atoms with van der Waals surface area (Å²) >= 11 is 3.33. The Hall–Kier alpha value is -2.33. The van der Waals surface area contributed by atoms with Crippen LogP contribution in [0.2, 0.25) is 0 Å². The van der Waals surface area contributed by atoms with Crippen LogP contribution in [0.5, 0.6) is 0 Å². The third-order valence-corrected chi connectivity index (χ3v) is 3.99. The lowest BCUT2D eigenvalue weighted by Crippen LogP contribution is -2.11. The Kier molecular flexibility index (Phi) is 3.62. The molecule has 3 N–H and O–H groups in total. The second-order valence-corrected chi connectivity index (χ2v) is 5.61. The number of rotatable bonds is 2. The molecule has 21 heavy (non-hydrogen) atoms. The van der Waals surface area contributed by atoms with Gasteiger partial charge in [-0.05, 0) is 57.0 Å². The van der Waals surface area contributed by atoms with Crippen LogP contribution in [-0.2, 0) is 0 Å². The monoisotopic (exact) mass is 340 g/mol. The first-order valence-electron chi connectivity index (χ1n) is 6.49. The maximum Gasteiger partial charge on any atom is 0.255 e. The van der Waals surface area contributed by atoms with Crippen molar-refractivity contribution in [1.29, 1.82) is 0 Å². The SMILES string of the molecule is Nc1cc(NC(=O)c2ccc3ccccc3c2)ccc1Br. The van der Waals surface area contributed by atoms with Gasteiger partial charge in [-0.2, -0.15) is 0 Å². The largest absolute Gasteiger partial charge is 0.398 e. The average Bonchev–Trinajstić information content (AvgIpc) is 2.50. The lowest BCUT2D eigenvalue weighted by atomic mass is 10.1. The molecule has 104 valence electrons. The van der Waals surface area contributed by atoms with Gasteiger partial charge in [-0.25, -0.2) is 0 Å². The molecule has 1 amide bonds. The summed E-state index contributed by atoms with van der Waals surface area (Å²) in [7, 11) is 0. The van der Waals surface area contributed by atoms with Crippen molar-refractivity contribution in [2.24, 2.45) is 0 Å². The molecule has 0 atom stereocenters. The minimum Gasteiger partial charge on any atom is -0.398 e. The number of benzene rings is 3. The third-order valence-electron chi connectivity index (χ3n) is 3.27. The number of hydrogen-bond acceptors (Lipinski definition) is 2. The van der Waals surface area contributed by atoms with Crippen molar-refractivity contribution in [1.82, 2.24) is 0 Å². The fraction of sp³-hybridized carbons (Fsp3) is 0. The predicted octanol–water partition coefficient (Wildman–Crippen LogP) is 4.44. The summed E-state index contributed by atoms with van der Waals surface area (Å²) in [5, 5.41) is 5.01. The Labute approximate surface area is 130 Å². The summed E-state index contributed by atoms with van der Waals surface area (Å²) in [6.45, 7) is 0. The zero-order chi connectivity index (χ0) is 14.8. The van der Waals surface area contributed by atoms with Gasteiger partial charge in [0.25, 0.3) is 5.91 Å². The summed E-state index contributed by atoms with van der Waals surface area (Å²) in [6, 6.07) is 18.9. The normalized spacial score (nSPS) is 10.5.